The molecule has 12 heteroatoms. The van der Waals surface area contributed by atoms with Crippen molar-refractivity contribution >= 4 is 40.5 Å². The standard InChI is InChI=1S/C27H38N6O6/c1-15(2)12-21(32-24(35)18(28)13-16-14-30-19-7-4-3-6-17(16)19)26(37)33-11-5-8-22(33)25(36)31-20(27(38)39)9-10-23(29)34/h3-4,6-7,14-15,18,20-22,30H,5,8-13,28H2,1-2H3,(H2,29,34)(H,31,36)(H,32,35)(H,38,39). The van der Waals surface area contributed by atoms with Gasteiger partial charge in [0.2, 0.25) is 23.6 Å². The molecule has 2 aromatic rings. The van der Waals surface area contributed by atoms with Crippen LogP contribution in [0.15, 0.2) is 30.5 Å². The summed E-state index contributed by atoms with van der Waals surface area (Å²) in [5, 5.41) is 15.6. The molecule has 1 aromatic carbocycles. The van der Waals surface area contributed by atoms with Crippen LogP contribution in [0.1, 0.15) is 51.5 Å². The molecule has 4 amide bonds. The number of carboxylic acid groups (broad SMARTS) is 1. The number of H-pyrrole nitrogens is 1. The summed E-state index contributed by atoms with van der Waals surface area (Å²) < 4.78 is 0. The van der Waals surface area contributed by atoms with Crippen molar-refractivity contribution in [3.8, 4) is 0 Å². The number of nitrogens with zero attached hydrogens (tertiary/aromatic N) is 1. The second-order valence-corrected chi connectivity index (χ2v) is 10.5. The molecule has 3 rings (SSSR count). The molecule has 2 heterocycles. The Morgan fingerprint density at radius 3 is 2.51 bits per heavy atom. The normalized spacial score (nSPS) is 17.5. The number of primary amides is 1. The predicted octanol–water partition coefficient (Wildman–Crippen LogP) is 0.395. The van der Waals surface area contributed by atoms with Crippen LogP contribution in [0.2, 0.25) is 0 Å². The van der Waals surface area contributed by atoms with Crippen molar-refractivity contribution in [3.05, 3.63) is 36.0 Å². The Labute approximate surface area is 226 Å². The lowest BCUT2D eigenvalue weighted by molar-refractivity contribution is -0.145. The number of hydrogen-bond donors (Lipinski definition) is 6. The first kappa shape index (κ1) is 29.6. The Morgan fingerprint density at radius 1 is 1.13 bits per heavy atom. The summed E-state index contributed by atoms with van der Waals surface area (Å²) >= 11 is 0. The Hall–Kier alpha value is -3.93. The van der Waals surface area contributed by atoms with Crippen LogP contribution in [-0.2, 0) is 30.4 Å². The third-order valence-corrected chi connectivity index (χ3v) is 6.91. The van der Waals surface area contributed by atoms with Crippen LogP contribution < -0.4 is 22.1 Å². The number of benzene rings is 1. The predicted molar refractivity (Wildman–Crippen MR) is 144 cm³/mol. The Morgan fingerprint density at radius 2 is 1.85 bits per heavy atom. The second-order valence-electron chi connectivity index (χ2n) is 10.5. The summed E-state index contributed by atoms with van der Waals surface area (Å²) in [4.78, 5) is 66.8. The van der Waals surface area contributed by atoms with E-state index < -0.39 is 53.8 Å². The highest BCUT2D eigenvalue weighted by atomic mass is 16.4. The Kier molecular flexibility index (Phi) is 10.0. The molecule has 1 aliphatic heterocycles. The number of para-hydroxylation sites is 1. The average molecular weight is 543 g/mol. The van der Waals surface area contributed by atoms with Gasteiger partial charge >= 0.3 is 5.97 Å². The summed E-state index contributed by atoms with van der Waals surface area (Å²) in [6.45, 7) is 4.13. The van der Waals surface area contributed by atoms with Gasteiger partial charge in [-0.1, -0.05) is 32.0 Å². The van der Waals surface area contributed by atoms with Gasteiger partial charge in [-0.15, -0.1) is 0 Å². The number of aliphatic carboxylic acids is 1. The Bertz CT molecular complexity index is 1210. The molecule has 1 aliphatic rings. The van der Waals surface area contributed by atoms with E-state index in [0.29, 0.717) is 25.8 Å². The van der Waals surface area contributed by atoms with Crippen LogP contribution in [0.5, 0.6) is 0 Å². The Balaban J connectivity index is 1.68. The van der Waals surface area contributed by atoms with Crippen molar-refractivity contribution in [1.29, 1.82) is 0 Å². The van der Waals surface area contributed by atoms with Crippen molar-refractivity contribution in [2.45, 2.75) is 76.5 Å². The zero-order valence-electron chi connectivity index (χ0n) is 22.3. The highest BCUT2D eigenvalue weighted by Gasteiger charge is 2.39. The molecule has 1 saturated heterocycles. The molecule has 39 heavy (non-hydrogen) atoms. The molecular formula is C27H38N6O6. The van der Waals surface area contributed by atoms with Gasteiger partial charge in [0, 0.05) is 30.1 Å². The maximum Gasteiger partial charge on any atom is 0.326 e. The molecular weight excluding hydrogens is 504 g/mol. The van der Waals surface area contributed by atoms with Crippen LogP contribution in [0, 0.1) is 5.92 Å². The fraction of sp³-hybridized carbons (Fsp3) is 0.519. The van der Waals surface area contributed by atoms with Crippen molar-refractivity contribution < 1.29 is 29.1 Å². The fourth-order valence-corrected chi connectivity index (χ4v) is 4.92. The van der Waals surface area contributed by atoms with E-state index in [2.05, 4.69) is 15.6 Å². The van der Waals surface area contributed by atoms with Gasteiger partial charge in [0.05, 0.1) is 6.04 Å². The fourth-order valence-electron chi connectivity index (χ4n) is 4.92. The van der Waals surface area contributed by atoms with Gasteiger partial charge in [0.25, 0.3) is 0 Å². The van der Waals surface area contributed by atoms with Gasteiger partial charge in [-0.3, -0.25) is 19.2 Å². The monoisotopic (exact) mass is 542 g/mol. The summed E-state index contributed by atoms with van der Waals surface area (Å²) in [6, 6.07) is 3.69. The quantitative estimate of drug-likeness (QED) is 0.210. The summed E-state index contributed by atoms with van der Waals surface area (Å²) in [6.07, 6.45) is 2.97. The van der Waals surface area contributed by atoms with E-state index in [1.54, 1.807) is 0 Å². The summed E-state index contributed by atoms with van der Waals surface area (Å²) in [7, 11) is 0. The summed E-state index contributed by atoms with van der Waals surface area (Å²) in [5.74, 6) is -3.43. The van der Waals surface area contributed by atoms with Crippen LogP contribution in [0.25, 0.3) is 10.9 Å². The van der Waals surface area contributed by atoms with Crippen molar-refractivity contribution in [2.24, 2.45) is 17.4 Å². The molecule has 0 spiro atoms. The van der Waals surface area contributed by atoms with Gasteiger partial charge < -0.3 is 37.1 Å². The number of aromatic amines is 1. The topological polar surface area (TPSA) is 201 Å². The van der Waals surface area contributed by atoms with Gasteiger partial charge in [0.15, 0.2) is 0 Å². The first-order chi connectivity index (χ1) is 18.5. The van der Waals surface area contributed by atoms with Crippen molar-refractivity contribution in [3.63, 3.8) is 0 Å². The van der Waals surface area contributed by atoms with E-state index in [1.165, 1.54) is 4.90 Å². The van der Waals surface area contributed by atoms with Crippen LogP contribution >= 0.6 is 0 Å². The van der Waals surface area contributed by atoms with E-state index in [4.69, 9.17) is 11.5 Å². The number of rotatable bonds is 13. The van der Waals surface area contributed by atoms with Crippen LogP contribution in [0.4, 0.5) is 0 Å². The molecule has 0 aliphatic carbocycles. The average Bonchev–Trinajstić information content (AvgIpc) is 3.53. The number of likely N-dealkylation sites (tertiary alicyclic amines) is 1. The minimum atomic E-state index is -1.31. The zero-order chi connectivity index (χ0) is 28.7. The summed E-state index contributed by atoms with van der Waals surface area (Å²) in [5.41, 5.74) is 13.2. The minimum absolute atomic E-state index is 0.0594. The molecule has 8 N–H and O–H groups in total. The molecule has 0 saturated carbocycles. The number of carbonyl (C=O) groups excluding carboxylic acids is 4. The largest absolute Gasteiger partial charge is 0.480 e. The number of carbonyl (C=O) groups is 5. The molecule has 1 aromatic heterocycles. The van der Waals surface area contributed by atoms with Crippen LogP contribution in [0.3, 0.4) is 0 Å². The van der Waals surface area contributed by atoms with Crippen molar-refractivity contribution in [1.82, 2.24) is 20.5 Å². The van der Waals surface area contributed by atoms with Crippen LogP contribution in [-0.4, -0.2) is 75.3 Å². The highest BCUT2D eigenvalue weighted by Crippen LogP contribution is 2.22. The first-order valence-electron chi connectivity index (χ1n) is 13.2. The SMILES string of the molecule is CC(C)CC(NC(=O)C(N)Cc1c[nH]c2ccccc12)C(=O)N1CCCC1C(=O)NC(CCC(N)=O)C(=O)O. The number of nitrogens with two attached hydrogens (primary N) is 2. The smallest absolute Gasteiger partial charge is 0.326 e. The number of amides is 4. The zero-order valence-corrected chi connectivity index (χ0v) is 22.3. The maximum absolute atomic E-state index is 13.6. The molecule has 1 fully saturated rings. The van der Waals surface area contributed by atoms with Crippen molar-refractivity contribution in [2.75, 3.05) is 6.54 Å². The van der Waals surface area contributed by atoms with E-state index in [1.807, 2.05) is 44.3 Å². The number of aromatic nitrogens is 1. The van der Waals surface area contributed by atoms with Gasteiger partial charge in [-0.05, 0) is 49.7 Å². The minimum Gasteiger partial charge on any atom is -0.480 e. The molecule has 12 nitrogen and oxygen atoms in total. The van der Waals surface area contributed by atoms with E-state index in [9.17, 15) is 29.1 Å². The molecule has 0 bridgehead atoms. The van der Waals surface area contributed by atoms with E-state index >= 15 is 0 Å². The number of carboxylic acids is 1. The second kappa shape index (κ2) is 13.2. The molecule has 4 atom stereocenters. The lowest BCUT2D eigenvalue weighted by atomic mass is 10.0. The number of hydrogen-bond acceptors (Lipinski definition) is 6. The third kappa shape index (κ3) is 7.79. The van der Waals surface area contributed by atoms with E-state index in [0.717, 1.165) is 16.5 Å². The highest BCUT2D eigenvalue weighted by molar-refractivity contribution is 5.95. The van der Waals surface area contributed by atoms with Gasteiger partial charge in [-0.25, -0.2) is 4.79 Å². The third-order valence-electron chi connectivity index (χ3n) is 6.91. The van der Waals surface area contributed by atoms with Gasteiger partial charge in [0.1, 0.15) is 18.1 Å². The lowest BCUT2D eigenvalue weighted by Gasteiger charge is -2.30. The number of nitrogens with one attached hydrogen (secondary N) is 3. The first-order valence-corrected chi connectivity index (χ1v) is 13.2. The van der Waals surface area contributed by atoms with E-state index in [-0.39, 0.29) is 25.2 Å². The maximum atomic E-state index is 13.6. The number of fused-ring (bicyclic) bond motifs is 1. The molecule has 0 radical (unpaired) electrons. The lowest BCUT2D eigenvalue weighted by Crippen LogP contribution is -2.57. The molecule has 212 valence electrons. The molecule has 4 unspecified atom stereocenters. The van der Waals surface area contributed by atoms with Gasteiger partial charge in [-0.2, -0.15) is 0 Å².